The van der Waals surface area contributed by atoms with Crippen molar-refractivity contribution in [2.75, 3.05) is 32.9 Å². The quantitative estimate of drug-likeness (QED) is 0.530. The first-order valence-corrected chi connectivity index (χ1v) is 9.94. The molecule has 0 bridgehead atoms. The van der Waals surface area contributed by atoms with Crippen LogP contribution in [0.1, 0.15) is 11.6 Å². The van der Waals surface area contributed by atoms with Gasteiger partial charge in [0.1, 0.15) is 18.2 Å². The lowest BCUT2D eigenvalue weighted by molar-refractivity contribution is 0.147. The van der Waals surface area contributed by atoms with Crippen molar-refractivity contribution in [1.29, 1.82) is 0 Å². The molecule has 30 heavy (non-hydrogen) atoms. The zero-order valence-corrected chi connectivity index (χ0v) is 17.5. The molecule has 0 spiro atoms. The SMILES string of the molecule is Cl.FC[C@@H](c1ccc(Oc2ccccc2)c(Oc2ccccc2)c1)N1CCNCC1. The fourth-order valence-electron chi connectivity index (χ4n) is 3.52. The van der Waals surface area contributed by atoms with Crippen molar-refractivity contribution in [2.24, 2.45) is 0 Å². The summed E-state index contributed by atoms with van der Waals surface area (Å²) >= 11 is 0. The van der Waals surface area contributed by atoms with Crippen molar-refractivity contribution in [3.05, 3.63) is 84.4 Å². The minimum atomic E-state index is -0.441. The van der Waals surface area contributed by atoms with E-state index in [-0.39, 0.29) is 18.4 Å². The van der Waals surface area contributed by atoms with Gasteiger partial charge in [-0.2, -0.15) is 0 Å². The molecular weight excluding hydrogens is 403 g/mol. The third-order valence-electron chi connectivity index (χ3n) is 5.03. The lowest BCUT2D eigenvalue weighted by Gasteiger charge is -2.33. The molecular formula is C24H26ClFN2O2. The first-order valence-electron chi connectivity index (χ1n) is 9.94. The van der Waals surface area contributed by atoms with Gasteiger partial charge in [-0.05, 0) is 42.0 Å². The number of piperazine rings is 1. The van der Waals surface area contributed by atoms with Gasteiger partial charge < -0.3 is 14.8 Å². The molecule has 4 nitrogen and oxygen atoms in total. The van der Waals surface area contributed by atoms with Crippen LogP contribution in [0.4, 0.5) is 4.39 Å². The Bertz CT molecular complexity index is 906. The van der Waals surface area contributed by atoms with Gasteiger partial charge in [0.25, 0.3) is 0 Å². The standard InChI is InChI=1S/C24H25FN2O2.ClH/c25-18-22(27-15-13-26-14-16-27)19-11-12-23(28-20-7-3-1-4-8-20)24(17-19)29-21-9-5-2-6-10-21;/h1-12,17,22,26H,13-16,18H2;1H/t22-;/m0./s1. The highest BCUT2D eigenvalue weighted by atomic mass is 35.5. The zero-order valence-electron chi connectivity index (χ0n) is 16.7. The summed E-state index contributed by atoms with van der Waals surface area (Å²) in [5, 5.41) is 3.32. The minimum absolute atomic E-state index is 0. The van der Waals surface area contributed by atoms with Gasteiger partial charge in [0.05, 0.1) is 6.04 Å². The maximum atomic E-state index is 14.0. The van der Waals surface area contributed by atoms with Crippen LogP contribution >= 0.6 is 12.4 Å². The molecule has 3 aromatic rings. The Kier molecular flexibility index (Phi) is 8.08. The Morgan fingerprint density at radius 1 is 0.800 bits per heavy atom. The van der Waals surface area contributed by atoms with Gasteiger partial charge in [0, 0.05) is 26.2 Å². The van der Waals surface area contributed by atoms with Gasteiger partial charge in [-0.15, -0.1) is 12.4 Å². The van der Waals surface area contributed by atoms with E-state index < -0.39 is 6.67 Å². The second-order valence-corrected chi connectivity index (χ2v) is 6.99. The summed E-state index contributed by atoms with van der Waals surface area (Å²) in [6.45, 7) is 2.96. The van der Waals surface area contributed by atoms with Crippen molar-refractivity contribution in [3.8, 4) is 23.0 Å². The van der Waals surface area contributed by atoms with E-state index in [9.17, 15) is 4.39 Å². The number of nitrogens with zero attached hydrogens (tertiary/aromatic N) is 1. The average Bonchev–Trinajstić information content (AvgIpc) is 2.78. The number of alkyl halides is 1. The molecule has 0 amide bonds. The van der Waals surface area contributed by atoms with Crippen LogP contribution in [0.15, 0.2) is 78.9 Å². The van der Waals surface area contributed by atoms with E-state index in [0.717, 1.165) is 37.5 Å². The summed E-state index contributed by atoms with van der Waals surface area (Å²) in [5.74, 6) is 2.61. The number of ether oxygens (including phenoxy) is 2. The van der Waals surface area contributed by atoms with Crippen molar-refractivity contribution in [1.82, 2.24) is 10.2 Å². The van der Waals surface area contributed by atoms with Gasteiger partial charge in [-0.3, -0.25) is 4.90 Å². The number of hydrogen-bond donors (Lipinski definition) is 1. The summed E-state index contributed by atoms with van der Waals surface area (Å²) in [6, 6.07) is 24.5. The molecule has 1 N–H and O–H groups in total. The molecule has 0 radical (unpaired) electrons. The fourth-order valence-corrected chi connectivity index (χ4v) is 3.52. The van der Waals surface area contributed by atoms with Crippen LogP contribution in [-0.2, 0) is 0 Å². The molecule has 1 aliphatic rings. The summed E-state index contributed by atoms with van der Waals surface area (Å²) < 4.78 is 26.2. The predicted molar refractivity (Wildman–Crippen MR) is 120 cm³/mol. The Balaban J connectivity index is 0.00000256. The predicted octanol–water partition coefficient (Wildman–Crippen LogP) is 5.61. The van der Waals surface area contributed by atoms with Crippen LogP contribution in [-0.4, -0.2) is 37.8 Å². The zero-order chi connectivity index (χ0) is 19.9. The number of nitrogens with one attached hydrogen (secondary N) is 1. The second-order valence-electron chi connectivity index (χ2n) is 6.99. The number of halogens is 2. The van der Waals surface area contributed by atoms with E-state index in [4.69, 9.17) is 9.47 Å². The average molecular weight is 429 g/mol. The second kappa shape index (κ2) is 11.0. The minimum Gasteiger partial charge on any atom is -0.453 e. The van der Waals surface area contributed by atoms with Gasteiger partial charge in [0.2, 0.25) is 0 Å². The Labute approximate surface area is 183 Å². The highest BCUT2D eigenvalue weighted by Crippen LogP contribution is 2.38. The van der Waals surface area contributed by atoms with Crippen LogP contribution in [0.25, 0.3) is 0 Å². The summed E-state index contributed by atoms with van der Waals surface area (Å²) in [7, 11) is 0. The number of benzene rings is 3. The molecule has 0 unspecified atom stereocenters. The van der Waals surface area contributed by atoms with Crippen LogP contribution in [0.5, 0.6) is 23.0 Å². The highest BCUT2D eigenvalue weighted by molar-refractivity contribution is 5.85. The van der Waals surface area contributed by atoms with Gasteiger partial charge >= 0.3 is 0 Å². The van der Waals surface area contributed by atoms with E-state index in [1.165, 1.54) is 0 Å². The van der Waals surface area contributed by atoms with Crippen LogP contribution in [0, 0.1) is 0 Å². The van der Waals surface area contributed by atoms with Crippen LogP contribution < -0.4 is 14.8 Å². The Morgan fingerprint density at radius 3 is 1.93 bits per heavy atom. The first-order chi connectivity index (χ1) is 14.3. The molecule has 0 aliphatic carbocycles. The lowest BCUT2D eigenvalue weighted by Crippen LogP contribution is -2.45. The van der Waals surface area contributed by atoms with E-state index in [1.807, 2.05) is 78.9 Å². The van der Waals surface area contributed by atoms with E-state index in [1.54, 1.807) is 0 Å². The van der Waals surface area contributed by atoms with Crippen molar-refractivity contribution < 1.29 is 13.9 Å². The van der Waals surface area contributed by atoms with Crippen molar-refractivity contribution >= 4 is 12.4 Å². The largest absolute Gasteiger partial charge is 0.453 e. The molecule has 1 saturated heterocycles. The molecule has 1 aliphatic heterocycles. The number of hydrogen-bond acceptors (Lipinski definition) is 4. The number of para-hydroxylation sites is 2. The highest BCUT2D eigenvalue weighted by Gasteiger charge is 2.23. The molecule has 4 rings (SSSR count). The smallest absolute Gasteiger partial charge is 0.170 e. The third kappa shape index (κ3) is 5.51. The molecule has 1 atom stereocenters. The molecule has 158 valence electrons. The summed E-state index contributed by atoms with van der Waals surface area (Å²) in [5.41, 5.74) is 0.890. The monoisotopic (exact) mass is 428 g/mol. The van der Waals surface area contributed by atoms with Crippen molar-refractivity contribution in [2.45, 2.75) is 6.04 Å². The summed E-state index contributed by atoms with van der Waals surface area (Å²) in [4.78, 5) is 2.18. The molecule has 1 heterocycles. The van der Waals surface area contributed by atoms with Gasteiger partial charge in [0.15, 0.2) is 11.5 Å². The molecule has 0 saturated carbocycles. The molecule has 0 aromatic heterocycles. The Morgan fingerprint density at radius 2 is 1.37 bits per heavy atom. The fraction of sp³-hybridized carbons (Fsp3) is 0.250. The van der Waals surface area contributed by atoms with Crippen LogP contribution in [0.2, 0.25) is 0 Å². The van der Waals surface area contributed by atoms with Gasteiger partial charge in [-0.1, -0.05) is 42.5 Å². The van der Waals surface area contributed by atoms with Gasteiger partial charge in [-0.25, -0.2) is 4.39 Å². The third-order valence-corrected chi connectivity index (χ3v) is 5.03. The molecule has 3 aromatic carbocycles. The van der Waals surface area contributed by atoms with E-state index in [2.05, 4.69) is 10.2 Å². The summed E-state index contributed by atoms with van der Waals surface area (Å²) in [6.07, 6.45) is 0. The maximum absolute atomic E-state index is 14.0. The van der Waals surface area contributed by atoms with E-state index >= 15 is 0 Å². The molecule has 1 fully saturated rings. The molecule has 6 heteroatoms. The maximum Gasteiger partial charge on any atom is 0.170 e. The Hall–Kier alpha value is -2.60. The van der Waals surface area contributed by atoms with Crippen molar-refractivity contribution in [3.63, 3.8) is 0 Å². The topological polar surface area (TPSA) is 33.7 Å². The number of rotatable bonds is 7. The first kappa shape index (κ1) is 22.1. The van der Waals surface area contributed by atoms with E-state index in [0.29, 0.717) is 17.2 Å². The lowest BCUT2D eigenvalue weighted by atomic mass is 10.0. The van der Waals surface area contributed by atoms with Crippen LogP contribution in [0.3, 0.4) is 0 Å². The normalized spacial score (nSPS) is 15.1.